The summed E-state index contributed by atoms with van der Waals surface area (Å²) in [6.07, 6.45) is 5.31. The zero-order valence-corrected chi connectivity index (χ0v) is 13.4. The summed E-state index contributed by atoms with van der Waals surface area (Å²) in [7, 11) is 1.55. The highest BCUT2D eigenvalue weighted by molar-refractivity contribution is 5.77. The van der Waals surface area contributed by atoms with Gasteiger partial charge in [-0.3, -0.25) is 9.59 Å². The molecule has 1 aliphatic rings. The molecule has 1 aliphatic heterocycles. The van der Waals surface area contributed by atoms with Gasteiger partial charge in [0.2, 0.25) is 5.91 Å². The first kappa shape index (κ1) is 17.2. The van der Waals surface area contributed by atoms with Crippen LogP contribution in [0.4, 0.5) is 0 Å². The summed E-state index contributed by atoms with van der Waals surface area (Å²) in [5.74, 6) is -0.353. The van der Waals surface area contributed by atoms with Crippen molar-refractivity contribution in [3.63, 3.8) is 0 Å². The number of amides is 1. The Kier molecular flexibility index (Phi) is 6.81. The molecule has 2 unspecified atom stereocenters. The normalized spacial score (nSPS) is 23.3. The number of hydrogen-bond donors (Lipinski definition) is 1. The molecule has 0 saturated heterocycles. The van der Waals surface area contributed by atoms with Gasteiger partial charge in [-0.25, -0.2) is 0 Å². The standard InChI is InChI=1S/C18H23NO4/c1-22-13-15-18(14-9-5-4-6-10-14)19-16(20)11-7-2-3-8-12-17(21)23-15/h2-6,9-10,15,18H,7-8,11-13H2,1H3,(H,19,20). The minimum Gasteiger partial charge on any atom is -0.457 e. The van der Waals surface area contributed by atoms with E-state index < -0.39 is 12.1 Å². The number of carbonyl (C=O) groups is 2. The molecule has 1 aromatic carbocycles. The van der Waals surface area contributed by atoms with E-state index >= 15 is 0 Å². The summed E-state index contributed by atoms with van der Waals surface area (Å²) in [4.78, 5) is 24.2. The first-order valence-corrected chi connectivity index (χ1v) is 7.88. The molecular weight excluding hydrogens is 294 g/mol. The van der Waals surface area contributed by atoms with Crippen molar-refractivity contribution < 1.29 is 19.1 Å². The highest BCUT2D eigenvalue weighted by Gasteiger charge is 2.28. The summed E-state index contributed by atoms with van der Waals surface area (Å²) >= 11 is 0. The van der Waals surface area contributed by atoms with Crippen LogP contribution in [0.2, 0.25) is 0 Å². The van der Waals surface area contributed by atoms with E-state index in [2.05, 4.69) is 5.32 Å². The summed E-state index contributed by atoms with van der Waals surface area (Å²) in [6, 6.07) is 9.09. The highest BCUT2D eigenvalue weighted by atomic mass is 16.6. The topological polar surface area (TPSA) is 64.6 Å². The lowest BCUT2D eigenvalue weighted by Gasteiger charge is -2.28. The minimum atomic E-state index is -0.553. The van der Waals surface area contributed by atoms with Crippen LogP contribution in [0.5, 0.6) is 0 Å². The van der Waals surface area contributed by atoms with Gasteiger partial charge < -0.3 is 14.8 Å². The Hall–Kier alpha value is -2.14. The molecule has 0 aliphatic carbocycles. The van der Waals surface area contributed by atoms with Crippen molar-refractivity contribution in [3.05, 3.63) is 48.0 Å². The SMILES string of the molecule is COCC1OC(=O)CCC=CCCC(=O)NC1c1ccccc1. The second-order valence-corrected chi connectivity index (χ2v) is 5.49. The smallest absolute Gasteiger partial charge is 0.306 e. The number of rotatable bonds is 3. The van der Waals surface area contributed by atoms with Crippen LogP contribution in [0.25, 0.3) is 0 Å². The Balaban J connectivity index is 2.26. The number of carbonyl (C=O) groups excluding carboxylic acids is 2. The van der Waals surface area contributed by atoms with Crippen LogP contribution in [0.15, 0.2) is 42.5 Å². The molecule has 2 rings (SSSR count). The second kappa shape index (κ2) is 9.10. The van der Waals surface area contributed by atoms with Gasteiger partial charge in [-0.2, -0.15) is 0 Å². The summed E-state index contributed by atoms with van der Waals surface area (Å²) in [5.41, 5.74) is 0.892. The lowest BCUT2D eigenvalue weighted by molar-refractivity contribution is -0.154. The number of hydrogen-bond acceptors (Lipinski definition) is 4. The summed E-state index contributed by atoms with van der Waals surface area (Å²) in [6.45, 7) is 0.224. The van der Waals surface area contributed by atoms with E-state index in [4.69, 9.17) is 9.47 Å². The van der Waals surface area contributed by atoms with Crippen LogP contribution in [-0.2, 0) is 19.1 Å². The van der Waals surface area contributed by atoms with Crippen molar-refractivity contribution in [2.24, 2.45) is 0 Å². The molecule has 1 amide bonds. The Bertz CT molecular complexity index is 541. The molecule has 0 fully saturated rings. The van der Waals surface area contributed by atoms with E-state index in [0.29, 0.717) is 25.7 Å². The Morgan fingerprint density at radius 2 is 1.83 bits per heavy atom. The van der Waals surface area contributed by atoms with Crippen LogP contribution in [0.3, 0.4) is 0 Å². The van der Waals surface area contributed by atoms with E-state index in [-0.39, 0.29) is 18.5 Å². The number of methoxy groups -OCH3 is 1. The van der Waals surface area contributed by atoms with Gasteiger partial charge >= 0.3 is 5.97 Å². The van der Waals surface area contributed by atoms with Crippen LogP contribution in [0.1, 0.15) is 37.3 Å². The average molecular weight is 317 g/mol. The fourth-order valence-electron chi connectivity index (χ4n) is 2.54. The van der Waals surface area contributed by atoms with E-state index in [1.807, 2.05) is 42.5 Å². The minimum absolute atomic E-state index is 0.0683. The number of nitrogens with one attached hydrogen (secondary N) is 1. The maximum Gasteiger partial charge on any atom is 0.306 e. The van der Waals surface area contributed by atoms with Crippen LogP contribution < -0.4 is 5.32 Å². The first-order valence-electron chi connectivity index (χ1n) is 7.88. The van der Waals surface area contributed by atoms with Crippen LogP contribution in [0, 0.1) is 0 Å². The fourth-order valence-corrected chi connectivity index (χ4v) is 2.54. The molecule has 0 saturated carbocycles. The largest absolute Gasteiger partial charge is 0.457 e. The zero-order valence-electron chi connectivity index (χ0n) is 13.4. The number of cyclic esters (lactones) is 1. The number of ether oxygens (including phenoxy) is 2. The van der Waals surface area contributed by atoms with Crippen molar-refractivity contribution in [1.82, 2.24) is 5.32 Å². The maximum absolute atomic E-state index is 12.2. The molecule has 5 heteroatoms. The Labute approximate surface area is 136 Å². The quantitative estimate of drug-likeness (QED) is 0.687. The van der Waals surface area contributed by atoms with Gasteiger partial charge in [-0.05, 0) is 18.4 Å². The highest BCUT2D eigenvalue weighted by Crippen LogP contribution is 2.21. The van der Waals surface area contributed by atoms with Crippen LogP contribution >= 0.6 is 0 Å². The number of esters is 1. The van der Waals surface area contributed by atoms with Gasteiger partial charge in [0.1, 0.15) is 6.10 Å². The maximum atomic E-state index is 12.2. The molecule has 5 nitrogen and oxygen atoms in total. The molecular formula is C18H23NO4. The third-order valence-electron chi connectivity index (χ3n) is 3.68. The van der Waals surface area contributed by atoms with Crippen molar-refractivity contribution in [2.45, 2.75) is 37.8 Å². The summed E-state index contributed by atoms with van der Waals surface area (Å²) < 4.78 is 10.8. The monoisotopic (exact) mass is 317 g/mol. The molecule has 1 heterocycles. The molecule has 0 aromatic heterocycles. The van der Waals surface area contributed by atoms with E-state index in [0.717, 1.165) is 5.56 Å². The lowest BCUT2D eigenvalue weighted by atomic mass is 10.0. The van der Waals surface area contributed by atoms with E-state index in [1.54, 1.807) is 7.11 Å². The van der Waals surface area contributed by atoms with Gasteiger partial charge in [0.15, 0.2) is 0 Å². The number of benzene rings is 1. The second-order valence-electron chi connectivity index (χ2n) is 5.49. The molecule has 23 heavy (non-hydrogen) atoms. The Morgan fingerprint density at radius 3 is 2.52 bits per heavy atom. The van der Waals surface area contributed by atoms with Crippen LogP contribution in [-0.4, -0.2) is 31.7 Å². The molecule has 1 aromatic rings. The molecule has 1 N–H and O–H groups in total. The van der Waals surface area contributed by atoms with Crippen molar-refractivity contribution in [1.29, 1.82) is 0 Å². The third-order valence-corrected chi connectivity index (χ3v) is 3.68. The van der Waals surface area contributed by atoms with Gasteiger partial charge in [0, 0.05) is 20.0 Å². The van der Waals surface area contributed by atoms with Gasteiger partial charge in [0.25, 0.3) is 0 Å². The van der Waals surface area contributed by atoms with Gasteiger partial charge in [-0.1, -0.05) is 42.5 Å². The van der Waals surface area contributed by atoms with Crippen molar-refractivity contribution in [2.75, 3.05) is 13.7 Å². The summed E-state index contributed by atoms with van der Waals surface area (Å²) in [5, 5.41) is 2.98. The third kappa shape index (κ3) is 5.53. The Morgan fingerprint density at radius 1 is 1.13 bits per heavy atom. The van der Waals surface area contributed by atoms with Crippen molar-refractivity contribution in [3.8, 4) is 0 Å². The molecule has 0 radical (unpaired) electrons. The molecule has 124 valence electrons. The first-order chi connectivity index (χ1) is 11.2. The van der Waals surface area contributed by atoms with E-state index in [1.165, 1.54) is 0 Å². The molecule has 2 atom stereocenters. The van der Waals surface area contributed by atoms with E-state index in [9.17, 15) is 9.59 Å². The fraction of sp³-hybridized carbons (Fsp3) is 0.444. The average Bonchev–Trinajstić information content (AvgIpc) is 2.55. The van der Waals surface area contributed by atoms with Crippen molar-refractivity contribution >= 4 is 11.9 Å². The van der Waals surface area contributed by atoms with Gasteiger partial charge in [0.05, 0.1) is 12.6 Å². The number of allylic oxidation sites excluding steroid dienone is 2. The zero-order chi connectivity index (χ0) is 16.5. The molecule has 0 bridgehead atoms. The predicted molar refractivity (Wildman–Crippen MR) is 86.7 cm³/mol. The molecule has 0 spiro atoms. The lowest BCUT2D eigenvalue weighted by Crippen LogP contribution is -2.41. The predicted octanol–water partition coefficient (Wildman–Crippen LogP) is 2.53. The van der Waals surface area contributed by atoms with Gasteiger partial charge in [-0.15, -0.1) is 0 Å².